The number of nitro benzene ring substituents is 1. The van der Waals surface area contributed by atoms with E-state index in [1.165, 1.54) is 0 Å². The van der Waals surface area contributed by atoms with Crippen molar-refractivity contribution in [1.29, 1.82) is 0 Å². The number of hydrogen-bond donors (Lipinski definition) is 1. The highest BCUT2D eigenvalue weighted by molar-refractivity contribution is 5.84. The summed E-state index contributed by atoms with van der Waals surface area (Å²) < 4.78 is 45.6. The number of nitrogens with zero attached hydrogens (tertiary/aromatic N) is 2. The normalized spacial score (nSPS) is 26.1. The van der Waals surface area contributed by atoms with Crippen molar-refractivity contribution in [2.24, 2.45) is 11.3 Å². The first-order chi connectivity index (χ1) is 16.0. The second-order valence-corrected chi connectivity index (χ2v) is 10.2. The molecule has 1 N–H and O–H groups in total. The molecule has 0 spiro atoms. The summed E-state index contributed by atoms with van der Waals surface area (Å²) in [4.78, 5) is 26.1. The highest BCUT2D eigenvalue weighted by Crippen LogP contribution is 2.47. The van der Waals surface area contributed by atoms with Crippen LogP contribution >= 0.6 is 0 Å². The largest absolute Gasteiger partial charge is 0.416 e. The van der Waals surface area contributed by atoms with E-state index in [4.69, 9.17) is 4.74 Å². The first kappa shape index (κ1) is 24.9. The molecule has 1 saturated heterocycles. The molecule has 1 amide bonds. The van der Waals surface area contributed by atoms with E-state index >= 15 is 0 Å². The van der Waals surface area contributed by atoms with Crippen LogP contribution in [0.2, 0.25) is 0 Å². The summed E-state index contributed by atoms with van der Waals surface area (Å²) in [6, 6.07) is 2.16. The Kier molecular flexibility index (Phi) is 6.92. The van der Waals surface area contributed by atoms with Gasteiger partial charge >= 0.3 is 6.18 Å². The third-order valence-electron chi connectivity index (χ3n) is 7.90. The molecule has 188 valence electrons. The van der Waals surface area contributed by atoms with E-state index in [-0.39, 0.29) is 42.9 Å². The van der Waals surface area contributed by atoms with Gasteiger partial charge in [-0.2, -0.15) is 13.2 Å². The highest BCUT2D eigenvalue weighted by Gasteiger charge is 2.50. The van der Waals surface area contributed by atoms with Gasteiger partial charge in [0, 0.05) is 50.0 Å². The van der Waals surface area contributed by atoms with Gasteiger partial charge in [0.1, 0.15) is 0 Å². The number of halogens is 3. The molecule has 0 unspecified atom stereocenters. The monoisotopic (exact) mass is 483 g/mol. The summed E-state index contributed by atoms with van der Waals surface area (Å²) in [6.45, 7) is 5.75. The molecule has 10 heteroatoms. The number of hydrogen-bond acceptors (Lipinski definition) is 5. The predicted molar refractivity (Wildman–Crippen MR) is 119 cm³/mol. The highest BCUT2D eigenvalue weighted by atomic mass is 19.4. The molecule has 1 aromatic carbocycles. The van der Waals surface area contributed by atoms with Gasteiger partial charge in [0.2, 0.25) is 5.91 Å². The van der Waals surface area contributed by atoms with Gasteiger partial charge in [-0.15, -0.1) is 0 Å². The Labute approximate surface area is 197 Å². The molecule has 2 aliphatic heterocycles. The van der Waals surface area contributed by atoms with Crippen LogP contribution in [-0.4, -0.2) is 47.6 Å². The Balaban J connectivity index is 1.55. The molecule has 34 heavy (non-hydrogen) atoms. The molecular weight excluding hydrogens is 451 g/mol. The Bertz CT molecular complexity index is 946. The van der Waals surface area contributed by atoms with Gasteiger partial charge in [0.25, 0.3) is 5.69 Å². The second-order valence-electron chi connectivity index (χ2n) is 10.2. The smallest absolute Gasteiger partial charge is 0.381 e. The first-order valence-electron chi connectivity index (χ1n) is 12.0. The third-order valence-corrected chi connectivity index (χ3v) is 7.90. The van der Waals surface area contributed by atoms with Crippen LogP contribution in [0.1, 0.15) is 62.6 Å². The van der Waals surface area contributed by atoms with Crippen LogP contribution < -0.4 is 5.32 Å². The summed E-state index contributed by atoms with van der Waals surface area (Å²) in [5.41, 5.74) is -1.64. The number of carbonyl (C=O) groups excluding carboxylic acids is 1. The van der Waals surface area contributed by atoms with Gasteiger partial charge < -0.3 is 15.0 Å². The molecule has 0 radical (unpaired) electrons. The zero-order valence-corrected chi connectivity index (χ0v) is 19.6. The summed E-state index contributed by atoms with van der Waals surface area (Å²) >= 11 is 0. The fourth-order valence-electron chi connectivity index (χ4n) is 5.87. The zero-order chi connectivity index (χ0) is 24.7. The Morgan fingerprint density at radius 1 is 1.24 bits per heavy atom. The molecule has 7 nitrogen and oxygen atoms in total. The SMILES string of the molecule is CC(C)[C@]1(C(=O)N2CCc3c(cc(C(F)(F)F)cc3[N+](=O)[O-])C2)CC[C@@H](NC2CCOCC2)C1. The molecule has 2 fully saturated rings. The predicted octanol–water partition coefficient (Wildman–Crippen LogP) is 4.46. The minimum atomic E-state index is -4.69. The van der Waals surface area contributed by atoms with Crippen LogP contribution in [0.15, 0.2) is 12.1 Å². The number of rotatable bonds is 5. The topological polar surface area (TPSA) is 84.7 Å². The lowest BCUT2D eigenvalue weighted by Crippen LogP contribution is -2.49. The van der Waals surface area contributed by atoms with E-state index in [9.17, 15) is 28.1 Å². The molecular formula is C24H32F3N3O4. The van der Waals surface area contributed by atoms with Crippen molar-refractivity contribution in [3.8, 4) is 0 Å². The number of ether oxygens (including phenoxy) is 1. The molecule has 1 saturated carbocycles. The van der Waals surface area contributed by atoms with Crippen molar-refractivity contribution in [3.05, 3.63) is 38.9 Å². The van der Waals surface area contributed by atoms with E-state index < -0.39 is 27.8 Å². The van der Waals surface area contributed by atoms with Crippen LogP contribution in [0.3, 0.4) is 0 Å². The fraction of sp³-hybridized carbons (Fsp3) is 0.708. The van der Waals surface area contributed by atoms with Gasteiger partial charge in [0.05, 0.1) is 15.9 Å². The summed E-state index contributed by atoms with van der Waals surface area (Å²) in [5.74, 6) is 0.0169. The maximum atomic E-state index is 13.8. The minimum absolute atomic E-state index is 0.0363. The molecule has 4 rings (SSSR count). The molecule has 0 aromatic heterocycles. The number of benzene rings is 1. The maximum absolute atomic E-state index is 13.8. The number of nitro groups is 1. The number of nitrogens with one attached hydrogen (secondary N) is 1. The van der Waals surface area contributed by atoms with E-state index in [1.54, 1.807) is 4.90 Å². The van der Waals surface area contributed by atoms with Crippen LogP contribution in [-0.2, 0) is 28.7 Å². The zero-order valence-electron chi connectivity index (χ0n) is 19.6. The number of amides is 1. The van der Waals surface area contributed by atoms with Crippen molar-refractivity contribution in [2.75, 3.05) is 19.8 Å². The average molecular weight is 484 g/mol. The summed E-state index contributed by atoms with van der Waals surface area (Å²) in [7, 11) is 0. The van der Waals surface area contributed by atoms with Gasteiger partial charge in [0.15, 0.2) is 0 Å². The quantitative estimate of drug-likeness (QED) is 0.494. The van der Waals surface area contributed by atoms with Gasteiger partial charge in [-0.3, -0.25) is 14.9 Å². The van der Waals surface area contributed by atoms with E-state index in [1.807, 2.05) is 13.8 Å². The molecule has 2 heterocycles. The van der Waals surface area contributed by atoms with Crippen LogP contribution in [0.5, 0.6) is 0 Å². The molecule has 0 bridgehead atoms. The number of carbonyl (C=O) groups is 1. The lowest BCUT2D eigenvalue weighted by Gasteiger charge is -2.40. The third kappa shape index (κ3) is 4.79. The molecule has 2 atom stereocenters. The van der Waals surface area contributed by atoms with Gasteiger partial charge in [-0.25, -0.2) is 0 Å². The van der Waals surface area contributed by atoms with Crippen LogP contribution in [0.25, 0.3) is 0 Å². The Morgan fingerprint density at radius 3 is 2.56 bits per heavy atom. The van der Waals surface area contributed by atoms with Crippen LogP contribution in [0.4, 0.5) is 18.9 Å². The van der Waals surface area contributed by atoms with Gasteiger partial charge in [-0.1, -0.05) is 13.8 Å². The van der Waals surface area contributed by atoms with Gasteiger partial charge in [-0.05, 0) is 56.1 Å². The maximum Gasteiger partial charge on any atom is 0.416 e. The number of fused-ring (bicyclic) bond motifs is 1. The van der Waals surface area contributed by atoms with Crippen molar-refractivity contribution < 1.29 is 27.6 Å². The van der Waals surface area contributed by atoms with Crippen molar-refractivity contribution in [1.82, 2.24) is 10.2 Å². The Hall–Kier alpha value is -2.20. The number of alkyl halides is 3. The van der Waals surface area contributed by atoms with E-state index in [2.05, 4.69) is 5.32 Å². The molecule has 1 aromatic rings. The van der Waals surface area contributed by atoms with Crippen LogP contribution in [0, 0.1) is 21.4 Å². The lowest BCUT2D eigenvalue weighted by atomic mass is 9.73. The van der Waals surface area contributed by atoms with Crippen molar-refractivity contribution in [2.45, 2.75) is 77.2 Å². The fourth-order valence-corrected chi connectivity index (χ4v) is 5.87. The van der Waals surface area contributed by atoms with Crippen molar-refractivity contribution in [3.63, 3.8) is 0 Å². The Morgan fingerprint density at radius 2 is 1.94 bits per heavy atom. The van der Waals surface area contributed by atoms with Crippen molar-refractivity contribution >= 4 is 11.6 Å². The molecule has 1 aliphatic carbocycles. The second kappa shape index (κ2) is 9.45. The first-order valence-corrected chi connectivity index (χ1v) is 12.0. The van der Waals surface area contributed by atoms with E-state index in [0.717, 1.165) is 45.0 Å². The minimum Gasteiger partial charge on any atom is -0.381 e. The average Bonchev–Trinajstić information content (AvgIpc) is 3.22. The summed E-state index contributed by atoms with van der Waals surface area (Å²) in [6.07, 6.45) is -0.350. The standard InChI is InChI=1S/C24H32F3N3O4/c1-15(2)23(7-3-19(13-23)28-18-5-9-34-10-6-18)22(31)29-8-4-20-16(14-29)11-17(24(25,26)27)12-21(20)30(32)33/h11-12,15,18-19,28H,3-10,13-14H2,1-2H3/t19-,23+/m1/s1. The summed E-state index contributed by atoms with van der Waals surface area (Å²) in [5, 5.41) is 15.2. The lowest BCUT2D eigenvalue weighted by molar-refractivity contribution is -0.385. The van der Waals surface area contributed by atoms with E-state index in [0.29, 0.717) is 24.1 Å². The molecule has 3 aliphatic rings.